The summed E-state index contributed by atoms with van der Waals surface area (Å²) < 4.78 is 1.16. The Balaban J connectivity index is 2.24. The highest BCUT2D eigenvalue weighted by Gasteiger charge is 2.32. The van der Waals surface area contributed by atoms with Gasteiger partial charge in [0, 0.05) is 12.0 Å². The second kappa shape index (κ2) is 3.74. The molecule has 1 aromatic carbocycles. The van der Waals surface area contributed by atoms with Crippen LogP contribution in [-0.2, 0) is 0 Å². The first kappa shape index (κ1) is 9.72. The first-order chi connectivity index (χ1) is 6.70. The predicted molar refractivity (Wildman–Crippen MR) is 60.0 cm³/mol. The SMILES string of the molecule is C[N+]1(C)CCCCC1c1ccccc1. The van der Waals surface area contributed by atoms with Crippen LogP contribution >= 0.6 is 0 Å². The van der Waals surface area contributed by atoms with E-state index in [9.17, 15) is 0 Å². The second-order valence-corrected chi connectivity index (χ2v) is 4.92. The van der Waals surface area contributed by atoms with Gasteiger partial charge in [0.25, 0.3) is 0 Å². The van der Waals surface area contributed by atoms with Crippen LogP contribution in [0.25, 0.3) is 0 Å². The molecule has 1 aromatic rings. The van der Waals surface area contributed by atoms with Gasteiger partial charge in [-0.15, -0.1) is 0 Å². The van der Waals surface area contributed by atoms with Crippen LogP contribution in [0.1, 0.15) is 30.9 Å². The Kier molecular flexibility index (Phi) is 2.60. The van der Waals surface area contributed by atoms with Gasteiger partial charge in [-0.3, -0.25) is 0 Å². The fraction of sp³-hybridized carbons (Fsp3) is 0.538. The smallest absolute Gasteiger partial charge is 0.114 e. The minimum absolute atomic E-state index is 0.713. The van der Waals surface area contributed by atoms with E-state index in [1.165, 1.54) is 31.4 Å². The molecular formula is C13H20N+. The molecule has 1 heteroatoms. The molecule has 1 aliphatic rings. The lowest BCUT2D eigenvalue weighted by Crippen LogP contribution is -2.46. The van der Waals surface area contributed by atoms with Crippen LogP contribution in [0.3, 0.4) is 0 Å². The fourth-order valence-corrected chi connectivity index (χ4v) is 2.61. The van der Waals surface area contributed by atoms with E-state index in [0.717, 1.165) is 4.48 Å². The third-order valence-electron chi connectivity index (χ3n) is 3.49. The van der Waals surface area contributed by atoms with Crippen molar-refractivity contribution in [2.45, 2.75) is 25.3 Å². The topological polar surface area (TPSA) is 0 Å². The van der Waals surface area contributed by atoms with Gasteiger partial charge in [0.05, 0.1) is 20.6 Å². The van der Waals surface area contributed by atoms with Gasteiger partial charge in [-0.2, -0.15) is 0 Å². The van der Waals surface area contributed by atoms with Crippen molar-refractivity contribution in [2.24, 2.45) is 0 Å². The summed E-state index contributed by atoms with van der Waals surface area (Å²) in [4.78, 5) is 0. The van der Waals surface area contributed by atoms with E-state index in [1.54, 1.807) is 0 Å². The van der Waals surface area contributed by atoms with E-state index in [2.05, 4.69) is 44.4 Å². The lowest BCUT2D eigenvalue weighted by atomic mass is 9.94. The highest BCUT2D eigenvalue weighted by Crippen LogP contribution is 2.34. The Morgan fingerprint density at radius 3 is 2.43 bits per heavy atom. The van der Waals surface area contributed by atoms with E-state index < -0.39 is 0 Å². The number of piperidine rings is 1. The summed E-state index contributed by atoms with van der Waals surface area (Å²) in [5, 5.41) is 0. The van der Waals surface area contributed by atoms with Gasteiger partial charge in [0.2, 0.25) is 0 Å². The highest BCUT2D eigenvalue weighted by molar-refractivity contribution is 5.17. The zero-order valence-electron chi connectivity index (χ0n) is 9.24. The maximum Gasteiger partial charge on any atom is 0.114 e. The molecule has 0 aromatic heterocycles. The summed E-state index contributed by atoms with van der Waals surface area (Å²) in [6.45, 7) is 1.32. The molecule has 76 valence electrons. The molecule has 1 heterocycles. The third-order valence-corrected chi connectivity index (χ3v) is 3.49. The number of benzene rings is 1. The van der Waals surface area contributed by atoms with Gasteiger partial charge in [-0.25, -0.2) is 0 Å². The highest BCUT2D eigenvalue weighted by atomic mass is 15.3. The maximum absolute atomic E-state index is 2.36. The molecule has 0 amide bonds. The Morgan fingerprint density at radius 1 is 1.07 bits per heavy atom. The van der Waals surface area contributed by atoms with Gasteiger partial charge < -0.3 is 4.48 Å². The molecule has 2 rings (SSSR count). The maximum atomic E-state index is 2.36. The van der Waals surface area contributed by atoms with E-state index in [0.29, 0.717) is 6.04 Å². The van der Waals surface area contributed by atoms with Crippen molar-refractivity contribution in [2.75, 3.05) is 20.6 Å². The Bertz CT molecular complexity index is 289. The van der Waals surface area contributed by atoms with Gasteiger partial charge in [0.1, 0.15) is 6.04 Å². The molecule has 0 spiro atoms. The standard InChI is InChI=1S/C13H20N/c1-14(2)11-7-6-10-13(14)12-8-4-3-5-9-12/h3-5,8-9,13H,6-7,10-11H2,1-2H3/q+1. The molecule has 1 aliphatic heterocycles. The quantitative estimate of drug-likeness (QED) is 0.597. The molecular weight excluding hydrogens is 170 g/mol. The van der Waals surface area contributed by atoms with Crippen molar-refractivity contribution in [1.29, 1.82) is 0 Å². The van der Waals surface area contributed by atoms with Crippen molar-refractivity contribution in [1.82, 2.24) is 0 Å². The monoisotopic (exact) mass is 190 g/mol. The van der Waals surface area contributed by atoms with Crippen LogP contribution in [0.2, 0.25) is 0 Å². The molecule has 1 atom stereocenters. The van der Waals surface area contributed by atoms with E-state index in [-0.39, 0.29) is 0 Å². The second-order valence-electron chi connectivity index (χ2n) is 4.92. The molecule has 1 saturated heterocycles. The summed E-state index contributed by atoms with van der Waals surface area (Å²) in [5.41, 5.74) is 1.51. The molecule has 0 saturated carbocycles. The summed E-state index contributed by atoms with van der Waals surface area (Å²) in [5.74, 6) is 0. The summed E-state index contributed by atoms with van der Waals surface area (Å²) >= 11 is 0. The summed E-state index contributed by atoms with van der Waals surface area (Å²) in [7, 11) is 4.72. The van der Waals surface area contributed by atoms with Gasteiger partial charge >= 0.3 is 0 Å². The van der Waals surface area contributed by atoms with Crippen molar-refractivity contribution in [3.05, 3.63) is 35.9 Å². The molecule has 0 radical (unpaired) electrons. The van der Waals surface area contributed by atoms with Crippen molar-refractivity contribution in [3.63, 3.8) is 0 Å². The lowest BCUT2D eigenvalue weighted by Gasteiger charge is -2.41. The Hall–Kier alpha value is -0.820. The Labute approximate surface area is 86.9 Å². The zero-order chi connectivity index (χ0) is 10.0. The zero-order valence-corrected chi connectivity index (χ0v) is 9.24. The summed E-state index contributed by atoms with van der Waals surface area (Å²) in [6, 6.07) is 11.7. The first-order valence-corrected chi connectivity index (χ1v) is 5.58. The van der Waals surface area contributed by atoms with Gasteiger partial charge in [0.15, 0.2) is 0 Å². The van der Waals surface area contributed by atoms with Gasteiger partial charge in [-0.1, -0.05) is 30.3 Å². The van der Waals surface area contributed by atoms with E-state index in [4.69, 9.17) is 0 Å². The normalized spacial score (nSPS) is 26.0. The average molecular weight is 190 g/mol. The fourth-order valence-electron chi connectivity index (χ4n) is 2.61. The van der Waals surface area contributed by atoms with Crippen molar-refractivity contribution < 1.29 is 4.48 Å². The summed E-state index contributed by atoms with van der Waals surface area (Å²) in [6.07, 6.45) is 4.12. The van der Waals surface area contributed by atoms with Crippen molar-refractivity contribution in [3.8, 4) is 0 Å². The minimum Gasteiger partial charge on any atom is -0.322 e. The van der Waals surface area contributed by atoms with E-state index >= 15 is 0 Å². The van der Waals surface area contributed by atoms with Crippen LogP contribution in [-0.4, -0.2) is 25.1 Å². The van der Waals surface area contributed by atoms with Crippen LogP contribution in [0.4, 0.5) is 0 Å². The molecule has 1 fully saturated rings. The average Bonchev–Trinajstić information content (AvgIpc) is 2.18. The van der Waals surface area contributed by atoms with Crippen molar-refractivity contribution >= 4 is 0 Å². The third kappa shape index (κ3) is 1.83. The number of rotatable bonds is 1. The number of hydrogen-bond acceptors (Lipinski definition) is 0. The molecule has 14 heavy (non-hydrogen) atoms. The number of likely N-dealkylation sites (tertiary alicyclic amines) is 1. The Morgan fingerprint density at radius 2 is 1.79 bits per heavy atom. The predicted octanol–water partition coefficient (Wildman–Crippen LogP) is 2.99. The first-order valence-electron chi connectivity index (χ1n) is 5.58. The van der Waals surface area contributed by atoms with Crippen LogP contribution < -0.4 is 0 Å². The molecule has 0 N–H and O–H groups in total. The molecule has 1 nitrogen and oxygen atoms in total. The number of hydrogen-bond donors (Lipinski definition) is 0. The molecule has 0 bridgehead atoms. The van der Waals surface area contributed by atoms with Gasteiger partial charge in [-0.05, 0) is 12.8 Å². The largest absolute Gasteiger partial charge is 0.322 e. The lowest BCUT2D eigenvalue weighted by molar-refractivity contribution is -0.926. The van der Waals surface area contributed by atoms with Crippen LogP contribution in [0, 0.1) is 0 Å². The van der Waals surface area contributed by atoms with Crippen LogP contribution in [0.5, 0.6) is 0 Å². The molecule has 1 unspecified atom stereocenters. The van der Waals surface area contributed by atoms with Crippen LogP contribution in [0.15, 0.2) is 30.3 Å². The number of quaternary nitrogens is 1. The molecule has 0 aliphatic carbocycles. The minimum atomic E-state index is 0.713. The van der Waals surface area contributed by atoms with E-state index in [1.807, 2.05) is 0 Å². The number of nitrogens with zero attached hydrogens (tertiary/aromatic N) is 1.